The Hall–Kier alpha value is -2.70. The molecule has 0 aliphatic rings. The molecule has 1 atom stereocenters. The van der Waals surface area contributed by atoms with Crippen molar-refractivity contribution in [3.05, 3.63) is 54.1 Å². The van der Waals surface area contributed by atoms with Gasteiger partial charge in [-0.25, -0.2) is 0 Å². The molecular formula is C17H16F3NO3. The molecule has 2 rings (SSSR count). The zero-order valence-electron chi connectivity index (χ0n) is 13.1. The van der Waals surface area contributed by atoms with Crippen LogP contribution in [0.25, 0.3) is 0 Å². The van der Waals surface area contributed by atoms with E-state index in [1.165, 1.54) is 12.1 Å². The Bertz CT molecular complexity index is 682. The van der Waals surface area contributed by atoms with Gasteiger partial charge in [0.05, 0.1) is 0 Å². The summed E-state index contributed by atoms with van der Waals surface area (Å²) < 4.78 is 45.5. The first kappa shape index (κ1) is 17.7. The van der Waals surface area contributed by atoms with Crippen molar-refractivity contribution in [3.63, 3.8) is 0 Å². The zero-order valence-corrected chi connectivity index (χ0v) is 13.1. The first-order chi connectivity index (χ1) is 11.2. The van der Waals surface area contributed by atoms with Gasteiger partial charge >= 0.3 is 6.36 Å². The van der Waals surface area contributed by atoms with Gasteiger partial charge in [0, 0.05) is 5.69 Å². The van der Waals surface area contributed by atoms with Crippen molar-refractivity contribution >= 4 is 11.6 Å². The van der Waals surface area contributed by atoms with Crippen LogP contribution in [0.2, 0.25) is 0 Å². The van der Waals surface area contributed by atoms with E-state index in [0.717, 1.165) is 17.7 Å². The first-order valence-electron chi connectivity index (χ1n) is 7.13. The highest BCUT2D eigenvalue weighted by molar-refractivity contribution is 5.94. The lowest BCUT2D eigenvalue weighted by Gasteiger charge is -2.15. The number of anilines is 1. The van der Waals surface area contributed by atoms with Crippen LogP contribution in [0.4, 0.5) is 18.9 Å². The highest BCUT2D eigenvalue weighted by Crippen LogP contribution is 2.24. The lowest BCUT2D eigenvalue weighted by atomic mass is 10.2. The van der Waals surface area contributed by atoms with Crippen molar-refractivity contribution in [3.8, 4) is 11.5 Å². The van der Waals surface area contributed by atoms with Crippen LogP contribution in [0, 0.1) is 6.92 Å². The molecule has 2 aromatic rings. The maximum atomic E-state index is 12.1. The summed E-state index contributed by atoms with van der Waals surface area (Å²) in [5.74, 6) is -0.221. The Labute approximate surface area is 137 Å². The van der Waals surface area contributed by atoms with Gasteiger partial charge in [-0.3, -0.25) is 4.79 Å². The molecule has 0 aliphatic heterocycles. The molecule has 1 N–H and O–H groups in total. The van der Waals surface area contributed by atoms with Crippen molar-refractivity contribution in [2.24, 2.45) is 0 Å². The fourth-order valence-electron chi connectivity index (χ4n) is 1.86. The normalized spacial score (nSPS) is 12.4. The van der Waals surface area contributed by atoms with Crippen LogP contribution >= 0.6 is 0 Å². The second-order valence-electron chi connectivity index (χ2n) is 5.13. The molecule has 0 radical (unpaired) electrons. The van der Waals surface area contributed by atoms with Gasteiger partial charge in [-0.05, 0) is 50.2 Å². The van der Waals surface area contributed by atoms with Gasteiger partial charge in [-0.15, -0.1) is 13.2 Å². The van der Waals surface area contributed by atoms with E-state index in [-0.39, 0.29) is 5.75 Å². The Kier molecular flexibility index (Phi) is 5.33. The van der Waals surface area contributed by atoms with Crippen LogP contribution in [0.15, 0.2) is 48.5 Å². The zero-order chi connectivity index (χ0) is 17.7. The summed E-state index contributed by atoms with van der Waals surface area (Å²) in [5, 5.41) is 2.56. The van der Waals surface area contributed by atoms with Gasteiger partial charge in [0.2, 0.25) is 0 Å². The number of halogens is 3. The van der Waals surface area contributed by atoms with E-state index in [1.54, 1.807) is 19.1 Å². The highest BCUT2D eigenvalue weighted by Gasteiger charge is 2.31. The molecule has 0 saturated carbocycles. The molecule has 0 spiro atoms. The Morgan fingerprint density at radius 2 is 1.54 bits per heavy atom. The molecule has 7 heteroatoms. The van der Waals surface area contributed by atoms with Crippen molar-refractivity contribution in [2.45, 2.75) is 26.3 Å². The monoisotopic (exact) mass is 339 g/mol. The SMILES string of the molecule is Cc1ccc(OC(C)C(=O)Nc2ccc(OC(F)(F)F)cc2)cc1. The topological polar surface area (TPSA) is 47.6 Å². The van der Waals surface area contributed by atoms with E-state index < -0.39 is 18.4 Å². The highest BCUT2D eigenvalue weighted by atomic mass is 19.4. The second kappa shape index (κ2) is 7.25. The number of alkyl halides is 3. The molecule has 0 saturated heterocycles. The van der Waals surface area contributed by atoms with E-state index in [4.69, 9.17) is 4.74 Å². The summed E-state index contributed by atoms with van der Waals surface area (Å²) in [6, 6.07) is 12.1. The summed E-state index contributed by atoms with van der Waals surface area (Å²) in [6.07, 6.45) is -5.51. The molecule has 4 nitrogen and oxygen atoms in total. The number of aryl methyl sites for hydroxylation is 1. The quantitative estimate of drug-likeness (QED) is 0.883. The standard InChI is InChI=1S/C17H16F3NO3/c1-11-3-7-14(8-4-11)23-12(2)16(22)21-13-5-9-15(10-6-13)24-17(18,19)20/h3-10,12H,1-2H3,(H,21,22). The van der Waals surface area contributed by atoms with Gasteiger partial charge < -0.3 is 14.8 Å². The smallest absolute Gasteiger partial charge is 0.481 e. The van der Waals surface area contributed by atoms with E-state index in [2.05, 4.69) is 10.1 Å². The number of hydrogen-bond donors (Lipinski definition) is 1. The Balaban J connectivity index is 1.92. The van der Waals surface area contributed by atoms with Crippen LogP contribution in [0.5, 0.6) is 11.5 Å². The maximum Gasteiger partial charge on any atom is 0.573 e. The lowest BCUT2D eigenvalue weighted by molar-refractivity contribution is -0.274. The fraction of sp³-hybridized carbons (Fsp3) is 0.235. The van der Waals surface area contributed by atoms with Crippen LogP contribution in [-0.2, 0) is 4.79 Å². The predicted octanol–water partition coefficient (Wildman–Crippen LogP) is 4.30. The number of nitrogens with one attached hydrogen (secondary N) is 1. The molecule has 24 heavy (non-hydrogen) atoms. The summed E-state index contributed by atoms with van der Waals surface area (Å²) in [5.41, 5.74) is 1.41. The van der Waals surface area contributed by atoms with Crippen molar-refractivity contribution in [1.82, 2.24) is 0 Å². The van der Waals surface area contributed by atoms with Crippen LogP contribution in [0.3, 0.4) is 0 Å². The van der Waals surface area contributed by atoms with Crippen LogP contribution in [0.1, 0.15) is 12.5 Å². The molecule has 0 aromatic heterocycles. The van der Waals surface area contributed by atoms with Crippen LogP contribution in [-0.4, -0.2) is 18.4 Å². The van der Waals surface area contributed by atoms with E-state index in [1.807, 2.05) is 19.1 Å². The minimum atomic E-state index is -4.75. The number of benzene rings is 2. The molecule has 0 bridgehead atoms. The minimum Gasteiger partial charge on any atom is -0.481 e. The van der Waals surface area contributed by atoms with Gasteiger partial charge in [0.15, 0.2) is 6.10 Å². The summed E-state index contributed by atoms with van der Waals surface area (Å²) in [4.78, 5) is 12.1. The maximum absolute atomic E-state index is 12.1. The summed E-state index contributed by atoms with van der Waals surface area (Å²) >= 11 is 0. The van der Waals surface area contributed by atoms with Crippen molar-refractivity contribution in [1.29, 1.82) is 0 Å². The van der Waals surface area contributed by atoms with Gasteiger partial charge in [-0.1, -0.05) is 17.7 Å². The van der Waals surface area contributed by atoms with Crippen LogP contribution < -0.4 is 14.8 Å². The average Bonchev–Trinajstić information content (AvgIpc) is 2.50. The third-order valence-electron chi connectivity index (χ3n) is 3.06. The average molecular weight is 339 g/mol. The molecular weight excluding hydrogens is 323 g/mol. The molecule has 0 fully saturated rings. The minimum absolute atomic E-state index is 0.342. The van der Waals surface area contributed by atoms with E-state index >= 15 is 0 Å². The van der Waals surface area contributed by atoms with Gasteiger partial charge in [0.25, 0.3) is 5.91 Å². The second-order valence-corrected chi connectivity index (χ2v) is 5.13. The number of rotatable bonds is 5. The molecule has 128 valence electrons. The largest absolute Gasteiger partial charge is 0.573 e. The number of hydrogen-bond acceptors (Lipinski definition) is 3. The number of carbonyl (C=O) groups excluding carboxylic acids is 1. The molecule has 1 unspecified atom stereocenters. The Morgan fingerprint density at radius 1 is 1.00 bits per heavy atom. The first-order valence-corrected chi connectivity index (χ1v) is 7.13. The Morgan fingerprint density at radius 3 is 2.08 bits per heavy atom. The molecule has 1 amide bonds. The molecule has 0 heterocycles. The van der Waals surface area contributed by atoms with Crippen molar-refractivity contribution < 1.29 is 27.4 Å². The van der Waals surface area contributed by atoms with Gasteiger partial charge in [0.1, 0.15) is 11.5 Å². The third-order valence-corrected chi connectivity index (χ3v) is 3.06. The predicted molar refractivity (Wildman–Crippen MR) is 83.0 cm³/mol. The summed E-state index contributed by atoms with van der Waals surface area (Å²) in [6.45, 7) is 3.52. The van der Waals surface area contributed by atoms with E-state index in [0.29, 0.717) is 11.4 Å². The number of ether oxygens (including phenoxy) is 2. The third kappa shape index (κ3) is 5.49. The number of carbonyl (C=O) groups is 1. The number of amides is 1. The fourth-order valence-corrected chi connectivity index (χ4v) is 1.86. The van der Waals surface area contributed by atoms with Gasteiger partial charge in [-0.2, -0.15) is 0 Å². The van der Waals surface area contributed by atoms with E-state index in [9.17, 15) is 18.0 Å². The molecule has 2 aromatic carbocycles. The summed E-state index contributed by atoms with van der Waals surface area (Å²) in [7, 11) is 0. The lowest BCUT2D eigenvalue weighted by Crippen LogP contribution is -2.30. The molecule has 0 aliphatic carbocycles. The van der Waals surface area contributed by atoms with Crippen molar-refractivity contribution in [2.75, 3.05) is 5.32 Å².